The topological polar surface area (TPSA) is 124 Å². The molecule has 0 saturated carbocycles. The van der Waals surface area contributed by atoms with Crippen LogP contribution in [0.25, 0.3) is 0 Å². The van der Waals surface area contributed by atoms with E-state index >= 15 is 0 Å². The zero-order valence-electron chi connectivity index (χ0n) is 10.0. The van der Waals surface area contributed by atoms with Crippen LogP contribution in [0.4, 0.5) is 0 Å². The Kier molecular flexibility index (Phi) is 5.51. The van der Waals surface area contributed by atoms with Crippen LogP contribution in [0.1, 0.15) is 0 Å². The summed E-state index contributed by atoms with van der Waals surface area (Å²) in [6.45, 7) is -1.29. The highest BCUT2D eigenvalue weighted by molar-refractivity contribution is 9.10. The maximum absolute atomic E-state index is 12.3. The summed E-state index contributed by atoms with van der Waals surface area (Å²) in [5, 5.41) is 0.320. The van der Waals surface area contributed by atoms with Crippen LogP contribution in [0.15, 0.2) is 27.6 Å². The van der Waals surface area contributed by atoms with Crippen molar-refractivity contribution in [2.24, 2.45) is 11.5 Å². The van der Waals surface area contributed by atoms with E-state index in [0.29, 0.717) is 13.8 Å². The van der Waals surface area contributed by atoms with Crippen LogP contribution < -0.4 is 11.5 Å². The molecule has 1 aromatic carbocycles. The maximum atomic E-state index is 12.3. The number of hydrogen-bond donors (Lipinski definition) is 2. The van der Waals surface area contributed by atoms with Gasteiger partial charge in [0, 0.05) is 4.47 Å². The van der Waals surface area contributed by atoms with Crippen molar-refractivity contribution >= 4 is 49.4 Å². The van der Waals surface area contributed by atoms with Gasteiger partial charge in [-0.1, -0.05) is 11.6 Å². The first-order valence-corrected chi connectivity index (χ1v) is 7.77. The second kappa shape index (κ2) is 6.53. The quantitative estimate of drug-likeness (QED) is 0.720. The highest BCUT2D eigenvalue weighted by atomic mass is 79.9. The molecule has 0 bridgehead atoms. The normalized spacial score (nSPS) is 11.6. The Morgan fingerprint density at radius 2 is 1.70 bits per heavy atom. The summed E-state index contributed by atoms with van der Waals surface area (Å²) in [5.74, 6) is -1.80. The number of halogens is 2. The smallest absolute Gasteiger partial charge is 0.244 e. The second-order valence-electron chi connectivity index (χ2n) is 3.78. The SMILES string of the molecule is NC(=O)CN(CC(N)=O)S(=O)(=O)c1ccc(Cl)c(Br)c1. The molecule has 20 heavy (non-hydrogen) atoms. The van der Waals surface area contributed by atoms with Gasteiger partial charge in [0.05, 0.1) is 23.0 Å². The molecule has 1 rings (SSSR count). The van der Waals surface area contributed by atoms with E-state index in [1.165, 1.54) is 18.2 Å². The van der Waals surface area contributed by atoms with Crippen molar-refractivity contribution < 1.29 is 18.0 Å². The fraction of sp³-hybridized carbons (Fsp3) is 0.200. The van der Waals surface area contributed by atoms with Gasteiger partial charge in [0.1, 0.15) is 0 Å². The number of rotatable bonds is 6. The molecule has 0 aliphatic rings. The molecular formula is C10H11BrClN3O4S. The van der Waals surface area contributed by atoms with Crippen molar-refractivity contribution in [1.29, 1.82) is 0 Å². The van der Waals surface area contributed by atoms with Crippen molar-refractivity contribution in [3.05, 3.63) is 27.7 Å². The van der Waals surface area contributed by atoms with Gasteiger partial charge in [-0.15, -0.1) is 0 Å². The molecule has 0 aliphatic carbocycles. The minimum atomic E-state index is -4.09. The van der Waals surface area contributed by atoms with Gasteiger partial charge in [-0.3, -0.25) is 9.59 Å². The van der Waals surface area contributed by atoms with E-state index in [9.17, 15) is 18.0 Å². The van der Waals surface area contributed by atoms with Gasteiger partial charge in [0.15, 0.2) is 0 Å². The number of nitrogens with zero attached hydrogens (tertiary/aromatic N) is 1. The first kappa shape index (κ1) is 16.9. The third kappa shape index (κ3) is 4.17. The predicted molar refractivity (Wildman–Crippen MR) is 76.3 cm³/mol. The highest BCUT2D eigenvalue weighted by Gasteiger charge is 2.27. The molecule has 0 heterocycles. The number of carbonyl (C=O) groups excluding carboxylic acids is 2. The van der Waals surface area contributed by atoms with E-state index in [0.717, 1.165) is 0 Å². The molecule has 0 saturated heterocycles. The Morgan fingerprint density at radius 3 is 2.10 bits per heavy atom. The van der Waals surface area contributed by atoms with Gasteiger partial charge < -0.3 is 11.5 Å². The van der Waals surface area contributed by atoms with Gasteiger partial charge in [-0.25, -0.2) is 8.42 Å². The fourth-order valence-electron chi connectivity index (χ4n) is 1.36. The minimum absolute atomic E-state index is 0.142. The third-order valence-corrected chi connectivity index (χ3v) is 5.19. The number of benzene rings is 1. The lowest BCUT2D eigenvalue weighted by Gasteiger charge is -2.19. The number of amides is 2. The van der Waals surface area contributed by atoms with Crippen LogP contribution in [-0.4, -0.2) is 37.6 Å². The van der Waals surface area contributed by atoms with Crippen LogP contribution in [0.3, 0.4) is 0 Å². The van der Waals surface area contributed by atoms with Crippen LogP contribution in [0, 0.1) is 0 Å². The van der Waals surface area contributed by atoms with Crippen LogP contribution in [0.2, 0.25) is 5.02 Å². The molecule has 0 fully saturated rings. The Labute approximate surface area is 129 Å². The zero-order chi connectivity index (χ0) is 15.5. The van der Waals surface area contributed by atoms with Crippen molar-refractivity contribution in [2.75, 3.05) is 13.1 Å². The zero-order valence-corrected chi connectivity index (χ0v) is 13.2. The summed E-state index contributed by atoms with van der Waals surface area (Å²) in [6.07, 6.45) is 0. The largest absolute Gasteiger partial charge is 0.369 e. The van der Waals surface area contributed by atoms with Crippen molar-refractivity contribution in [2.45, 2.75) is 4.90 Å². The number of carbonyl (C=O) groups is 2. The summed E-state index contributed by atoms with van der Waals surface area (Å²) in [5.41, 5.74) is 9.94. The van der Waals surface area contributed by atoms with E-state index in [1.807, 2.05) is 0 Å². The van der Waals surface area contributed by atoms with Gasteiger partial charge in [0.2, 0.25) is 21.8 Å². The average Bonchev–Trinajstić information content (AvgIpc) is 2.30. The van der Waals surface area contributed by atoms with E-state index in [1.54, 1.807) is 0 Å². The first-order valence-electron chi connectivity index (χ1n) is 5.16. The summed E-state index contributed by atoms with van der Waals surface area (Å²) in [6, 6.07) is 3.87. The Hall–Kier alpha value is -1.16. The van der Waals surface area contributed by atoms with E-state index in [2.05, 4.69) is 15.9 Å². The standard InChI is InChI=1S/C10H11BrClN3O4S/c11-7-3-6(1-2-8(7)12)20(18,19)15(4-9(13)16)5-10(14)17/h1-3H,4-5H2,(H2,13,16)(H2,14,17). The molecule has 0 spiro atoms. The molecule has 4 N–H and O–H groups in total. The molecule has 1 aromatic rings. The Bertz CT molecular complexity index is 634. The van der Waals surface area contributed by atoms with Crippen molar-refractivity contribution in [3.63, 3.8) is 0 Å². The average molecular weight is 385 g/mol. The van der Waals surface area contributed by atoms with E-state index in [4.69, 9.17) is 23.1 Å². The van der Waals surface area contributed by atoms with Gasteiger partial charge in [-0.05, 0) is 34.1 Å². The molecule has 0 aliphatic heterocycles. The lowest BCUT2D eigenvalue weighted by molar-refractivity contribution is -0.120. The molecule has 0 unspecified atom stereocenters. The first-order chi connectivity index (χ1) is 9.14. The summed E-state index contributed by atoms with van der Waals surface area (Å²) < 4.78 is 25.6. The van der Waals surface area contributed by atoms with Crippen molar-refractivity contribution in [1.82, 2.24) is 4.31 Å². The molecule has 0 atom stereocenters. The highest BCUT2D eigenvalue weighted by Crippen LogP contribution is 2.26. The molecule has 0 aromatic heterocycles. The number of hydrogen-bond acceptors (Lipinski definition) is 4. The Morgan fingerprint density at radius 1 is 1.20 bits per heavy atom. The van der Waals surface area contributed by atoms with E-state index in [-0.39, 0.29) is 4.90 Å². The van der Waals surface area contributed by atoms with Crippen LogP contribution in [-0.2, 0) is 19.6 Å². The second-order valence-corrected chi connectivity index (χ2v) is 6.98. The molecule has 7 nitrogen and oxygen atoms in total. The summed E-state index contributed by atoms with van der Waals surface area (Å²) in [7, 11) is -4.09. The monoisotopic (exact) mass is 383 g/mol. The molecule has 110 valence electrons. The van der Waals surface area contributed by atoms with E-state index < -0.39 is 34.9 Å². The molecule has 0 radical (unpaired) electrons. The lowest BCUT2D eigenvalue weighted by Crippen LogP contribution is -2.43. The molecular weight excluding hydrogens is 374 g/mol. The third-order valence-electron chi connectivity index (χ3n) is 2.19. The summed E-state index contributed by atoms with van der Waals surface area (Å²) >= 11 is 8.87. The van der Waals surface area contributed by atoms with Crippen LogP contribution >= 0.6 is 27.5 Å². The Balaban J connectivity index is 3.24. The van der Waals surface area contributed by atoms with Gasteiger partial charge in [-0.2, -0.15) is 4.31 Å². The number of primary amides is 2. The summed E-state index contributed by atoms with van der Waals surface area (Å²) in [4.78, 5) is 21.7. The maximum Gasteiger partial charge on any atom is 0.244 e. The van der Waals surface area contributed by atoms with Gasteiger partial charge in [0.25, 0.3) is 0 Å². The molecule has 10 heteroatoms. The number of sulfonamides is 1. The number of nitrogens with two attached hydrogens (primary N) is 2. The fourth-order valence-corrected chi connectivity index (χ4v) is 3.41. The minimum Gasteiger partial charge on any atom is -0.369 e. The lowest BCUT2D eigenvalue weighted by atomic mass is 10.4. The molecule has 2 amide bonds. The van der Waals surface area contributed by atoms with Crippen molar-refractivity contribution in [3.8, 4) is 0 Å². The van der Waals surface area contributed by atoms with Crippen LogP contribution in [0.5, 0.6) is 0 Å². The van der Waals surface area contributed by atoms with Gasteiger partial charge >= 0.3 is 0 Å². The predicted octanol–water partition coefficient (Wildman–Crippen LogP) is 0.0638.